The number of fused-ring (bicyclic) bond motifs is 2. The summed E-state index contributed by atoms with van der Waals surface area (Å²) in [4.78, 5) is 27.5. The SMILES string of the molecule is Cc1sc2ccccc2c1C1=C(c2c(C)sc3ccccc23)C(=O)OC1=O. The van der Waals surface area contributed by atoms with Gasteiger partial charge in [0.15, 0.2) is 0 Å². The van der Waals surface area contributed by atoms with Crippen LogP contribution >= 0.6 is 22.7 Å². The smallest absolute Gasteiger partial charge is 0.347 e. The van der Waals surface area contributed by atoms with Crippen molar-refractivity contribution < 1.29 is 14.3 Å². The Morgan fingerprint density at radius 1 is 0.667 bits per heavy atom. The van der Waals surface area contributed by atoms with Crippen LogP contribution in [0.15, 0.2) is 48.5 Å². The van der Waals surface area contributed by atoms with Crippen LogP contribution in [0.2, 0.25) is 0 Å². The summed E-state index contributed by atoms with van der Waals surface area (Å²) in [6.45, 7) is 3.97. The lowest BCUT2D eigenvalue weighted by molar-refractivity contribution is -0.149. The largest absolute Gasteiger partial charge is 0.386 e. The molecular formula is C22H14O3S2. The molecule has 5 rings (SSSR count). The van der Waals surface area contributed by atoms with Crippen molar-refractivity contribution in [3.05, 3.63) is 69.4 Å². The Morgan fingerprint density at radius 2 is 1.07 bits per heavy atom. The molecule has 3 nitrogen and oxygen atoms in total. The fourth-order valence-electron chi connectivity index (χ4n) is 3.80. The van der Waals surface area contributed by atoms with Gasteiger partial charge in [-0.3, -0.25) is 0 Å². The molecule has 2 aromatic carbocycles. The molecular weight excluding hydrogens is 376 g/mol. The Hall–Kier alpha value is -2.76. The van der Waals surface area contributed by atoms with Gasteiger partial charge in [0.2, 0.25) is 0 Å². The van der Waals surface area contributed by atoms with Crippen LogP contribution in [-0.2, 0) is 14.3 Å². The van der Waals surface area contributed by atoms with E-state index in [-0.39, 0.29) is 0 Å². The van der Waals surface area contributed by atoms with Crippen molar-refractivity contribution in [1.82, 2.24) is 0 Å². The maximum atomic E-state index is 12.7. The first-order chi connectivity index (χ1) is 13.1. The molecule has 27 heavy (non-hydrogen) atoms. The molecule has 0 amide bonds. The van der Waals surface area contributed by atoms with Gasteiger partial charge in [0, 0.05) is 41.1 Å². The molecule has 5 heteroatoms. The molecule has 0 saturated carbocycles. The van der Waals surface area contributed by atoms with Crippen LogP contribution in [0.5, 0.6) is 0 Å². The van der Waals surface area contributed by atoms with Crippen molar-refractivity contribution in [2.45, 2.75) is 13.8 Å². The van der Waals surface area contributed by atoms with Crippen molar-refractivity contribution in [2.75, 3.05) is 0 Å². The molecule has 3 heterocycles. The quantitative estimate of drug-likeness (QED) is 0.324. The van der Waals surface area contributed by atoms with Gasteiger partial charge in [-0.2, -0.15) is 0 Å². The van der Waals surface area contributed by atoms with E-state index in [0.29, 0.717) is 11.1 Å². The van der Waals surface area contributed by atoms with E-state index in [2.05, 4.69) is 0 Å². The van der Waals surface area contributed by atoms with Gasteiger partial charge < -0.3 is 4.74 Å². The van der Waals surface area contributed by atoms with Crippen molar-refractivity contribution >= 4 is 65.9 Å². The minimum Gasteiger partial charge on any atom is -0.386 e. The molecule has 0 N–H and O–H groups in total. The van der Waals surface area contributed by atoms with Crippen LogP contribution in [-0.4, -0.2) is 11.9 Å². The van der Waals surface area contributed by atoms with Gasteiger partial charge >= 0.3 is 11.9 Å². The predicted octanol–water partition coefficient (Wildman–Crippen LogP) is 5.73. The molecule has 0 bridgehead atoms. The molecule has 0 aliphatic carbocycles. The highest BCUT2D eigenvalue weighted by molar-refractivity contribution is 7.19. The van der Waals surface area contributed by atoms with E-state index in [0.717, 1.165) is 41.1 Å². The Morgan fingerprint density at radius 3 is 1.52 bits per heavy atom. The lowest BCUT2D eigenvalue weighted by atomic mass is 9.93. The van der Waals surface area contributed by atoms with Gasteiger partial charge in [-0.25, -0.2) is 9.59 Å². The van der Waals surface area contributed by atoms with Crippen LogP contribution in [0.3, 0.4) is 0 Å². The summed E-state index contributed by atoms with van der Waals surface area (Å²) in [5.41, 5.74) is 2.41. The summed E-state index contributed by atoms with van der Waals surface area (Å²) < 4.78 is 7.29. The number of thiophene rings is 2. The molecule has 2 aromatic heterocycles. The zero-order chi connectivity index (χ0) is 18.7. The number of carbonyl (C=O) groups excluding carboxylic acids is 2. The maximum absolute atomic E-state index is 12.7. The predicted molar refractivity (Wildman–Crippen MR) is 111 cm³/mol. The van der Waals surface area contributed by atoms with Crippen molar-refractivity contribution in [1.29, 1.82) is 0 Å². The number of aryl methyl sites for hydroxylation is 2. The number of esters is 2. The molecule has 1 aliphatic rings. The first kappa shape index (κ1) is 16.4. The highest BCUT2D eigenvalue weighted by Crippen LogP contribution is 2.45. The zero-order valence-corrected chi connectivity index (χ0v) is 16.3. The Kier molecular flexibility index (Phi) is 3.57. The highest BCUT2D eigenvalue weighted by Gasteiger charge is 2.38. The average molecular weight is 390 g/mol. The topological polar surface area (TPSA) is 43.4 Å². The zero-order valence-electron chi connectivity index (χ0n) is 14.7. The summed E-state index contributed by atoms with van der Waals surface area (Å²) in [6, 6.07) is 15.9. The number of rotatable bonds is 2. The Balaban J connectivity index is 1.91. The van der Waals surface area contributed by atoms with Gasteiger partial charge in [-0.1, -0.05) is 36.4 Å². The molecule has 4 aromatic rings. The van der Waals surface area contributed by atoms with E-state index in [9.17, 15) is 9.59 Å². The molecule has 0 radical (unpaired) electrons. The highest BCUT2D eigenvalue weighted by atomic mass is 32.1. The number of carbonyl (C=O) groups is 2. The van der Waals surface area contributed by atoms with Gasteiger partial charge in [0.25, 0.3) is 0 Å². The summed E-state index contributed by atoms with van der Waals surface area (Å²) in [5.74, 6) is -1.12. The first-order valence-corrected chi connectivity index (χ1v) is 10.2. The standard InChI is InChI=1S/C22H14O3S2/c1-11-17(13-7-3-5-9-15(13)26-11)19-20(22(24)25-21(19)23)18-12(2)27-16-10-6-4-8-14(16)18/h3-10H,1-2H3. The van der Waals surface area contributed by atoms with E-state index in [1.807, 2.05) is 62.4 Å². The second kappa shape index (κ2) is 5.87. The van der Waals surface area contributed by atoms with E-state index >= 15 is 0 Å². The fourth-order valence-corrected chi connectivity index (χ4v) is 5.94. The Labute approximate surface area is 163 Å². The van der Waals surface area contributed by atoms with Gasteiger partial charge in [-0.15, -0.1) is 22.7 Å². The summed E-state index contributed by atoms with van der Waals surface area (Å²) in [7, 11) is 0. The summed E-state index contributed by atoms with van der Waals surface area (Å²) >= 11 is 3.25. The normalized spacial score (nSPS) is 14.6. The third kappa shape index (κ3) is 2.32. The van der Waals surface area contributed by atoms with Gasteiger partial charge in [-0.05, 0) is 26.0 Å². The van der Waals surface area contributed by atoms with Crippen molar-refractivity contribution in [2.24, 2.45) is 0 Å². The maximum Gasteiger partial charge on any atom is 0.347 e. The fraction of sp³-hybridized carbons (Fsp3) is 0.0909. The number of cyclic esters (lactones) is 2. The van der Waals surface area contributed by atoms with E-state index in [1.165, 1.54) is 0 Å². The van der Waals surface area contributed by atoms with Crippen molar-refractivity contribution in [3.63, 3.8) is 0 Å². The molecule has 0 saturated heterocycles. The lowest BCUT2D eigenvalue weighted by Gasteiger charge is -2.05. The van der Waals surface area contributed by atoms with E-state index < -0.39 is 11.9 Å². The van der Waals surface area contributed by atoms with Gasteiger partial charge in [0.05, 0.1) is 11.1 Å². The lowest BCUT2D eigenvalue weighted by Crippen LogP contribution is -2.02. The van der Waals surface area contributed by atoms with Gasteiger partial charge in [0.1, 0.15) is 0 Å². The van der Waals surface area contributed by atoms with Crippen LogP contribution < -0.4 is 0 Å². The average Bonchev–Trinajstić information content (AvgIpc) is 3.24. The number of benzene rings is 2. The third-order valence-electron chi connectivity index (χ3n) is 4.89. The summed E-state index contributed by atoms with van der Waals surface area (Å²) in [6.07, 6.45) is 0. The molecule has 0 atom stereocenters. The molecule has 0 fully saturated rings. The van der Waals surface area contributed by atoms with E-state index in [1.54, 1.807) is 22.7 Å². The number of ether oxygens (including phenoxy) is 1. The summed E-state index contributed by atoms with van der Waals surface area (Å²) in [5, 5.41) is 1.97. The van der Waals surface area contributed by atoms with Crippen LogP contribution in [0.1, 0.15) is 20.9 Å². The minimum absolute atomic E-state index is 0.390. The molecule has 0 spiro atoms. The van der Waals surface area contributed by atoms with Crippen LogP contribution in [0.25, 0.3) is 31.3 Å². The third-order valence-corrected chi connectivity index (χ3v) is 7.06. The van der Waals surface area contributed by atoms with E-state index in [4.69, 9.17) is 4.74 Å². The van der Waals surface area contributed by atoms with Crippen LogP contribution in [0, 0.1) is 13.8 Å². The molecule has 132 valence electrons. The molecule has 1 aliphatic heterocycles. The van der Waals surface area contributed by atoms with Crippen LogP contribution in [0.4, 0.5) is 0 Å². The second-order valence-electron chi connectivity index (χ2n) is 6.49. The molecule has 0 unspecified atom stereocenters. The second-order valence-corrected chi connectivity index (χ2v) is 9.00. The minimum atomic E-state index is -0.559. The first-order valence-electron chi connectivity index (χ1n) is 8.54. The monoisotopic (exact) mass is 390 g/mol. The number of hydrogen-bond acceptors (Lipinski definition) is 5. The number of hydrogen-bond donors (Lipinski definition) is 0. The van der Waals surface area contributed by atoms with Crippen molar-refractivity contribution in [3.8, 4) is 0 Å². The Bertz CT molecular complexity index is 1200.